The van der Waals surface area contributed by atoms with Gasteiger partial charge in [-0.2, -0.15) is 0 Å². The molecule has 0 radical (unpaired) electrons. The molecule has 0 spiro atoms. The van der Waals surface area contributed by atoms with Crippen molar-refractivity contribution in [1.82, 2.24) is 14.9 Å². The molecule has 172 valence electrons. The van der Waals surface area contributed by atoms with Crippen LogP contribution in [0.1, 0.15) is 41.4 Å². The van der Waals surface area contributed by atoms with E-state index in [9.17, 15) is 4.79 Å². The number of nitrogen functional groups attached to an aromatic ring is 1. The number of piperidine rings is 1. The number of aromatic nitrogens is 2. The molecule has 7 nitrogen and oxygen atoms in total. The highest BCUT2D eigenvalue weighted by Gasteiger charge is 2.32. The number of halogens is 1. The van der Waals surface area contributed by atoms with Gasteiger partial charge in [-0.25, -0.2) is 9.97 Å². The Morgan fingerprint density at radius 3 is 2.61 bits per heavy atom. The highest BCUT2D eigenvalue weighted by atomic mass is 35.5. The lowest BCUT2D eigenvalue weighted by Gasteiger charge is -2.36. The van der Waals surface area contributed by atoms with Crippen molar-refractivity contribution in [3.8, 4) is 16.9 Å². The van der Waals surface area contributed by atoms with Crippen molar-refractivity contribution in [2.24, 2.45) is 0 Å². The fourth-order valence-corrected chi connectivity index (χ4v) is 4.20. The molecule has 3 aromatic rings. The fraction of sp³-hybridized carbons (Fsp3) is 0.320. The van der Waals surface area contributed by atoms with Crippen LogP contribution in [-0.4, -0.2) is 47.6 Å². The van der Waals surface area contributed by atoms with E-state index >= 15 is 0 Å². The number of amides is 1. The molecule has 8 heteroatoms. The molecule has 2 N–H and O–H groups in total. The highest BCUT2D eigenvalue weighted by Crippen LogP contribution is 2.37. The SMILES string of the molecule is COCCOc1ccc(C(=O)N2CCCC[C@H]2c2nc(N)ncc2-c2ccc(Cl)cc2)cc1. The summed E-state index contributed by atoms with van der Waals surface area (Å²) in [5, 5.41) is 0.654. The summed E-state index contributed by atoms with van der Waals surface area (Å²) >= 11 is 6.07. The zero-order chi connectivity index (χ0) is 23.2. The maximum Gasteiger partial charge on any atom is 0.254 e. The van der Waals surface area contributed by atoms with Gasteiger partial charge in [0.25, 0.3) is 5.91 Å². The summed E-state index contributed by atoms with van der Waals surface area (Å²) in [5.41, 5.74) is 9.12. The van der Waals surface area contributed by atoms with Gasteiger partial charge < -0.3 is 20.1 Å². The number of methoxy groups -OCH3 is 1. The number of hydrogen-bond donors (Lipinski definition) is 1. The van der Waals surface area contributed by atoms with Crippen molar-refractivity contribution in [2.45, 2.75) is 25.3 Å². The smallest absolute Gasteiger partial charge is 0.254 e. The van der Waals surface area contributed by atoms with E-state index < -0.39 is 0 Å². The second-order valence-corrected chi connectivity index (χ2v) is 8.35. The van der Waals surface area contributed by atoms with Crippen LogP contribution in [0.4, 0.5) is 5.95 Å². The Bertz CT molecular complexity index is 1090. The quantitative estimate of drug-likeness (QED) is 0.504. The zero-order valence-electron chi connectivity index (χ0n) is 18.5. The molecule has 33 heavy (non-hydrogen) atoms. The molecule has 1 aromatic heterocycles. The number of likely N-dealkylation sites (tertiary alicyclic amines) is 1. The minimum absolute atomic E-state index is 0.0395. The Morgan fingerprint density at radius 2 is 1.88 bits per heavy atom. The molecule has 1 fully saturated rings. The number of nitrogens with two attached hydrogens (primary N) is 1. The third kappa shape index (κ3) is 5.43. The maximum absolute atomic E-state index is 13.5. The number of carbonyl (C=O) groups is 1. The van der Waals surface area contributed by atoms with Crippen LogP contribution in [-0.2, 0) is 4.74 Å². The topological polar surface area (TPSA) is 90.6 Å². The molecule has 0 bridgehead atoms. The Hall–Kier alpha value is -3.16. The highest BCUT2D eigenvalue weighted by molar-refractivity contribution is 6.30. The zero-order valence-corrected chi connectivity index (χ0v) is 19.3. The molecule has 0 unspecified atom stereocenters. The minimum atomic E-state index is -0.195. The number of anilines is 1. The van der Waals surface area contributed by atoms with Gasteiger partial charge in [-0.05, 0) is 61.2 Å². The standard InChI is InChI=1S/C25H27ClN4O3/c1-32-14-15-33-20-11-7-18(8-12-20)24(31)30-13-3-2-4-22(30)23-21(16-28-25(27)29-23)17-5-9-19(26)10-6-17/h5-12,16,22H,2-4,13-15H2,1H3,(H2,27,28,29)/t22-/m0/s1. The second kappa shape index (κ2) is 10.6. The summed E-state index contributed by atoms with van der Waals surface area (Å²) in [6.45, 7) is 1.62. The van der Waals surface area contributed by atoms with Crippen LogP contribution < -0.4 is 10.5 Å². The van der Waals surface area contributed by atoms with E-state index in [0.717, 1.165) is 36.1 Å². The van der Waals surface area contributed by atoms with Gasteiger partial charge in [0, 0.05) is 36.0 Å². The van der Waals surface area contributed by atoms with Crippen LogP contribution in [0.5, 0.6) is 5.75 Å². The van der Waals surface area contributed by atoms with Crippen LogP contribution in [0.15, 0.2) is 54.7 Å². The van der Waals surface area contributed by atoms with Crippen molar-refractivity contribution in [3.63, 3.8) is 0 Å². The van der Waals surface area contributed by atoms with Crippen molar-refractivity contribution in [1.29, 1.82) is 0 Å². The summed E-state index contributed by atoms with van der Waals surface area (Å²) in [5.74, 6) is 0.855. The van der Waals surface area contributed by atoms with Gasteiger partial charge in [0.05, 0.1) is 18.3 Å². The number of rotatable bonds is 7. The lowest BCUT2D eigenvalue weighted by atomic mass is 9.93. The summed E-state index contributed by atoms with van der Waals surface area (Å²) < 4.78 is 10.6. The van der Waals surface area contributed by atoms with Crippen LogP contribution in [0.3, 0.4) is 0 Å². The molecular formula is C25H27ClN4O3. The van der Waals surface area contributed by atoms with Crippen LogP contribution in [0.25, 0.3) is 11.1 Å². The largest absolute Gasteiger partial charge is 0.491 e. The first kappa shape index (κ1) is 23.0. The first-order valence-corrected chi connectivity index (χ1v) is 11.4. The normalized spacial score (nSPS) is 15.9. The summed E-state index contributed by atoms with van der Waals surface area (Å²) in [7, 11) is 1.63. The minimum Gasteiger partial charge on any atom is -0.491 e. The van der Waals surface area contributed by atoms with Gasteiger partial charge in [0.1, 0.15) is 12.4 Å². The predicted molar refractivity (Wildman–Crippen MR) is 128 cm³/mol. The second-order valence-electron chi connectivity index (χ2n) is 7.91. The number of ether oxygens (including phenoxy) is 2. The third-order valence-corrected chi connectivity index (χ3v) is 5.98. The van der Waals surface area contributed by atoms with E-state index in [4.69, 9.17) is 26.8 Å². The lowest BCUT2D eigenvalue weighted by Crippen LogP contribution is -2.39. The number of benzene rings is 2. The monoisotopic (exact) mass is 466 g/mol. The number of hydrogen-bond acceptors (Lipinski definition) is 6. The average molecular weight is 467 g/mol. The van der Waals surface area contributed by atoms with E-state index in [1.807, 2.05) is 41.3 Å². The van der Waals surface area contributed by atoms with Crippen molar-refractivity contribution in [2.75, 3.05) is 32.6 Å². The van der Waals surface area contributed by atoms with Gasteiger partial charge in [0.2, 0.25) is 5.95 Å². The molecule has 0 saturated carbocycles. The molecule has 1 saturated heterocycles. The van der Waals surface area contributed by atoms with Crippen LogP contribution >= 0.6 is 11.6 Å². The van der Waals surface area contributed by atoms with Gasteiger partial charge >= 0.3 is 0 Å². The molecule has 1 amide bonds. The van der Waals surface area contributed by atoms with E-state index in [1.165, 1.54) is 0 Å². The fourth-order valence-electron chi connectivity index (χ4n) is 4.08. The molecular weight excluding hydrogens is 440 g/mol. The van der Waals surface area contributed by atoms with Crippen LogP contribution in [0.2, 0.25) is 5.02 Å². The predicted octanol–water partition coefficient (Wildman–Crippen LogP) is 4.77. The number of carbonyl (C=O) groups excluding carboxylic acids is 1. The van der Waals surface area contributed by atoms with Gasteiger partial charge in [-0.15, -0.1) is 0 Å². The average Bonchev–Trinajstić information content (AvgIpc) is 2.85. The Morgan fingerprint density at radius 1 is 1.12 bits per heavy atom. The molecule has 1 aliphatic heterocycles. The van der Waals surface area contributed by atoms with Gasteiger partial charge in [0.15, 0.2) is 0 Å². The molecule has 0 aliphatic carbocycles. The maximum atomic E-state index is 13.5. The first-order valence-electron chi connectivity index (χ1n) is 11.0. The van der Waals surface area contributed by atoms with E-state index in [1.54, 1.807) is 25.4 Å². The third-order valence-electron chi connectivity index (χ3n) is 5.73. The number of nitrogens with zero attached hydrogens (tertiary/aromatic N) is 3. The van der Waals surface area contributed by atoms with Crippen molar-refractivity contribution in [3.05, 3.63) is 71.0 Å². The molecule has 2 aromatic carbocycles. The van der Waals surface area contributed by atoms with E-state index in [2.05, 4.69) is 9.97 Å². The summed E-state index contributed by atoms with van der Waals surface area (Å²) in [6.07, 6.45) is 4.48. The summed E-state index contributed by atoms with van der Waals surface area (Å²) in [6, 6.07) is 14.5. The van der Waals surface area contributed by atoms with Crippen molar-refractivity contribution >= 4 is 23.5 Å². The van der Waals surface area contributed by atoms with Gasteiger partial charge in [-0.1, -0.05) is 23.7 Å². The Balaban J connectivity index is 1.62. The first-order chi connectivity index (χ1) is 16.1. The van der Waals surface area contributed by atoms with Crippen molar-refractivity contribution < 1.29 is 14.3 Å². The molecule has 1 aliphatic rings. The summed E-state index contributed by atoms with van der Waals surface area (Å²) in [4.78, 5) is 24.2. The Kier molecular flexibility index (Phi) is 7.42. The molecule has 1 atom stereocenters. The molecule has 4 rings (SSSR count). The van der Waals surface area contributed by atoms with Crippen LogP contribution in [0, 0.1) is 0 Å². The molecule has 2 heterocycles. The van der Waals surface area contributed by atoms with E-state index in [-0.39, 0.29) is 17.9 Å². The van der Waals surface area contributed by atoms with Gasteiger partial charge in [-0.3, -0.25) is 4.79 Å². The Labute approximate surface area is 198 Å². The van der Waals surface area contributed by atoms with E-state index in [0.29, 0.717) is 36.1 Å². The lowest BCUT2D eigenvalue weighted by molar-refractivity contribution is 0.0606.